The van der Waals surface area contributed by atoms with Crippen molar-refractivity contribution in [2.75, 3.05) is 19.5 Å². The van der Waals surface area contributed by atoms with Crippen molar-refractivity contribution in [2.45, 2.75) is 5.92 Å². The molecule has 0 radical (unpaired) electrons. The Kier molecular flexibility index (Phi) is 3.62. The molecule has 1 unspecified atom stereocenters. The van der Waals surface area contributed by atoms with Crippen LogP contribution in [0, 0.1) is 5.82 Å². The smallest absolute Gasteiger partial charge is 0.313 e. The van der Waals surface area contributed by atoms with E-state index < -0.39 is 17.7 Å². The molecule has 1 rings (SSSR count). The molecule has 0 aromatic heterocycles. The lowest BCUT2D eigenvalue weighted by Gasteiger charge is -2.14. The molecule has 82 valence electrons. The normalized spacial score (nSPS) is 12.4. The molecule has 4 nitrogen and oxygen atoms in total. The van der Waals surface area contributed by atoms with Gasteiger partial charge in [-0.3, -0.25) is 4.79 Å². The summed E-state index contributed by atoms with van der Waals surface area (Å²) in [5.41, 5.74) is 5.63. The summed E-state index contributed by atoms with van der Waals surface area (Å²) >= 11 is 0. The Labute approximate surface area is 86.5 Å². The largest absolute Gasteiger partial charge is 0.481 e. The lowest BCUT2D eigenvalue weighted by molar-refractivity contribution is -0.140. The second kappa shape index (κ2) is 4.75. The molecule has 3 N–H and O–H groups in total. The SMILES string of the molecule is COCC(C(=O)O)c1c(N)cccc1F. The summed E-state index contributed by atoms with van der Waals surface area (Å²) in [6.45, 7) is -0.111. The fourth-order valence-electron chi connectivity index (χ4n) is 1.37. The van der Waals surface area contributed by atoms with Crippen LogP contribution >= 0.6 is 0 Å². The molecule has 1 aromatic carbocycles. The van der Waals surface area contributed by atoms with Crippen LogP contribution in [0.2, 0.25) is 0 Å². The van der Waals surface area contributed by atoms with Crippen molar-refractivity contribution in [1.82, 2.24) is 0 Å². The summed E-state index contributed by atoms with van der Waals surface area (Å²) in [7, 11) is 1.35. The third-order valence-electron chi connectivity index (χ3n) is 2.07. The molecule has 0 heterocycles. The first-order valence-electron chi connectivity index (χ1n) is 4.33. The minimum Gasteiger partial charge on any atom is -0.481 e. The van der Waals surface area contributed by atoms with Crippen molar-refractivity contribution in [3.63, 3.8) is 0 Å². The van der Waals surface area contributed by atoms with Crippen molar-refractivity contribution in [3.8, 4) is 0 Å². The minimum atomic E-state index is -1.16. The first kappa shape index (κ1) is 11.5. The second-order valence-electron chi connectivity index (χ2n) is 3.09. The van der Waals surface area contributed by atoms with E-state index in [1.807, 2.05) is 0 Å². The van der Waals surface area contributed by atoms with Gasteiger partial charge >= 0.3 is 5.97 Å². The van der Waals surface area contributed by atoms with Gasteiger partial charge in [-0.2, -0.15) is 0 Å². The number of benzene rings is 1. The molecule has 1 aromatic rings. The summed E-state index contributed by atoms with van der Waals surface area (Å²) in [5, 5.41) is 8.90. The van der Waals surface area contributed by atoms with Crippen LogP contribution in [0.3, 0.4) is 0 Å². The summed E-state index contributed by atoms with van der Waals surface area (Å²) in [6.07, 6.45) is 0. The van der Waals surface area contributed by atoms with Crippen molar-refractivity contribution in [1.29, 1.82) is 0 Å². The number of ether oxygens (including phenoxy) is 1. The highest BCUT2D eigenvalue weighted by Gasteiger charge is 2.25. The van der Waals surface area contributed by atoms with Crippen molar-refractivity contribution in [3.05, 3.63) is 29.6 Å². The van der Waals surface area contributed by atoms with Crippen LogP contribution in [0.25, 0.3) is 0 Å². The van der Waals surface area contributed by atoms with E-state index in [0.717, 1.165) is 0 Å². The molecule has 0 fully saturated rings. The van der Waals surface area contributed by atoms with Gasteiger partial charge in [-0.1, -0.05) is 6.07 Å². The van der Waals surface area contributed by atoms with Crippen LogP contribution < -0.4 is 5.73 Å². The molecule has 0 aliphatic carbocycles. The van der Waals surface area contributed by atoms with E-state index in [2.05, 4.69) is 0 Å². The van der Waals surface area contributed by atoms with Gasteiger partial charge in [0.25, 0.3) is 0 Å². The molecule has 0 spiro atoms. The maximum absolute atomic E-state index is 13.4. The third kappa shape index (κ3) is 2.44. The van der Waals surface area contributed by atoms with Crippen LogP contribution in [0.1, 0.15) is 11.5 Å². The van der Waals surface area contributed by atoms with Crippen molar-refractivity contribution >= 4 is 11.7 Å². The van der Waals surface area contributed by atoms with Crippen molar-refractivity contribution < 1.29 is 19.0 Å². The maximum Gasteiger partial charge on any atom is 0.313 e. The average molecular weight is 213 g/mol. The molecule has 0 aliphatic heterocycles. The Morgan fingerprint density at radius 3 is 2.80 bits per heavy atom. The number of nitrogens with two attached hydrogens (primary N) is 1. The van der Waals surface area contributed by atoms with Crippen LogP contribution in [-0.2, 0) is 9.53 Å². The monoisotopic (exact) mass is 213 g/mol. The van der Waals surface area contributed by atoms with E-state index in [0.29, 0.717) is 0 Å². The summed E-state index contributed by atoms with van der Waals surface area (Å²) in [4.78, 5) is 10.9. The van der Waals surface area contributed by atoms with Crippen molar-refractivity contribution in [2.24, 2.45) is 0 Å². The van der Waals surface area contributed by atoms with Gasteiger partial charge in [0, 0.05) is 18.4 Å². The van der Waals surface area contributed by atoms with Crippen LogP contribution in [0.15, 0.2) is 18.2 Å². The topological polar surface area (TPSA) is 72.5 Å². The molecule has 15 heavy (non-hydrogen) atoms. The zero-order chi connectivity index (χ0) is 11.4. The number of halogens is 1. The number of carboxylic acid groups (broad SMARTS) is 1. The number of nitrogen functional groups attached to an aromatic ring is 1. The van der Waals surface area contributed by atoms with Gasteiger partial charge in [0.1, 0.15) is 11.7 Å². The standard InChI is InChI=1S/C10H12FNO3/c1-15-5-6(10(13)14)9-7(11)3-2-4-8(9)12/h2-4,6H,5,12H2,1H3,(H,13,14). The predicted molar refractivity (Wildman–Crippen MR) is 53.1 cm³/mol. The van der Waals surface area contributed by atoms with E-state index in [9.17, 15) is 9.18 Å². The Morgan fingerprint density at radius 1 is 1.67 bits per heavy atom. The molecule has 0 aliphatic rings. The molecule has 1 atom stereocenters. The van der Waals surface area contributed by atoms with E-state index >= 15 is 0 Å². The van der Waals surface area contributed by atoms with Gasteiger partial charge in [0.05, 0.1) is 6.61 Å². The molecule has 0 saturated heterocycles. The number of rotatable bonds is 4. The highest BCUT2D eigenvalue weighted by atomic mass is 19.1. The lowest BCUT2D eigenvalue weighted by Crippen LogP contribution is -2.19. The summed E-state index contributed by atoms with van der Waals surface area (Å²) < 4.78 is 18.1. The van der Waals surface area contributed by atoms with Gasteiger partial charge in [0.15, 0.2) is 0 Å². The van der Waals surface area contributed by atoms with Crippen LogP contribution in [0.4, 0.5) is 10.1 Å². The molecule has 0 amide bonds. The van der Waals surface area contributed by atoms with Crippen LogP contribution in [0.5, 0.6) is 0 Å². The Morgan fingerprint density at radius 2 is 2.33 bits per heavy atom. The number of hydrogen-bond donors (Lipinski definition) is 2. The lowest BCUT2D eigenvalue weighted by atomic mass is 9.98. The quantitative estimate of drug-likeness (QED) is 0.737. The van der Waals surface area contributed by atoms with E-state index in [-0.39, 0.29) is 17.9 Å². The number of anilines is 1. The first-order chi connectivity index (χ1) is 7.07. The fraction of sp³-hybridized carbons (Fsp3) is 0.300. The van der Waals surface area contributed by atoms with E-state index in [1.165, 1.54) is 25.3 Å². The number of methoxy groups -OCH3 is 1. The molecule has 0 bridgehead atoms. The van der Waals surface area contributed by atoms with Gasteiger partial charge in [-0.15, -0.1) is 0 Å². The van der Waals surface area contributed by atoms with Gasteiger partial charge in [-0.25, -0.2) is 4.39 Å². The maximum atomic E-state index is 13.4. The van der Waals surface area contributed by atoms with Gasteiger partial charge < -0.3 is 15.6 Å². The Hall–Kier alpha value is -1.62. The molecule has 5 heteroatoms. The Bertz CT molecular complexity index is 347. The van der Waals surface area contributed by atoms with E-state index in [1.54, 1.807) is 0 Å². The molecular formula is C10H12FNO3. The summed E-state index contributed by atoms with van der Waals surface area (Å²) in [5.74, 6) is -2.86. The van der Waals surface area contributed by atoms with Crippen LogP contribution in [-0.4, -0.2) is 24.8 Å². The highest BCUT2D eigenvalue weighted by molar-refractivity contribution is 5.78. The zero-order valence-electron chi connectivity index (χ0n) is 8.24. The highest BCUT2D eigenvalue weighted by Crippen LogP contribution is 2.25. The number of aliphatic carboxylic acids is 1. The van der Waals surface area contributed by atoms with E-state index in [4.69, 9.17) is 15.6 Å². The second-order valence-corrected chi connectivity index (χ2v) is 3.09. The minimum absolute atomic E-state index is 0.0214. The molecule has 0 saturated carbocycles. The number of carbonyl (C=O) groups is 1. The predicted octanol–water partition coefficient (Wildman–Crippen LogP) is 1.22. The summed E-state index contributed by atoms with van der Waals surface area (Å²) in [6, 6.07) is 4.07. The van der Waals surface area contributed by atoms with Gasteiger partial charge in [-0.05, 0) is 12.1 Å². The average Bonchev–Trinajstić information content (AvgIpc) is 2.15. The third-order valence-corrected chi connectivity index (χ3v) is 2.07. The zero-order valence-corrected chi connectivity index (χ0v) is 8.24. The fourth-order valence-corrected chi connectivity index (χ4v) is 1.37. The first-order valence-corrected chi connectivity index (χ1v) is 4.33. The Balaban J connectivity index is 3.15. The molecular weight excluding hydrogens is 201 g/mol. The van der Waals surface area contributed by atoms with Gasteiger partial charge in [0.2, 0.25) is 0 Å². The number of hydrogen-bond acceptors (Lipinski definition) is 3. The number of carboxylic acids is 1.